The third-order valence-electron chi connectivity index (χ3n) is 5.54. The first-order valence-corrected chi connectivity index (χ1v) is 12.3. The standard InChI is InChI=1S/C26H31N3O6S/c1-3-18(2)35-21-11-7-8-19(16-21)24(31)28-26(36)29-13-12-27-25(32)22(29)17-23(30)34-15-14-33-20-9-5-4-6-10-20/h4-11,16,18,22H,3,12-15,17H2,1-2H3,(H,27,32)(H,28,31,36). The third-order valence-corrected chi connectivity index (χ3v) is 5.88. The van der Waals surface area contributed by atoms with Crippen LogP contribution in [0.2, 0.25) is 0 Å². The summed E-state index contributed by atoms with van der Waals surface area (Å²) in [6.07, 6.45) is 0.633. The van der Waals surface area contributed by atoms with Crippen molar-refractivity contribution in [1.82, 2.24) is 15.5 Å². The molecule has 192 valence electrons. The molecule has 1 aliphatic heterocycles. The fourth-order valence-corrected chi connectivity index (χ4v) is 3.79. The minimum Gasteiger partial charge on any atom is -0.491 e. The van der Waals surface area contributed by atoms with E-state index in [1.54, 1.807) is 36.4 Å². The average molecular weight is 514 g/mol. The van der Waals surface area contributed by atoms with E-state index in [4.69, 9.17) is 26.4 Å². The minimum atomic E-state index is -0.894. The lowest BCUT2D eigenvalue weighted by molar-refractivity contribution is -0.148. The van der Waals surface area contributed by atoms with E-state index in [0.29, 0.717) is 30.2 Å². The second kappa shape index (κ2) is 13.4. The van der Waals surface area contributed by atoms with Gasteiger partial charge in [-0.25, -0.2) is 0 Å². The third kappa shape index (κ3) is 7.94. The molecule has 2 amide bonds. The van der Waals surface area contributed by atoms with Crippen LogP contribution in [0.5, 0.6) is 11.5 Å². The summed E-state index contributed by atoms with van der Waals surface area (Å²) in [5.41, 5.74) is 0.369. The van der Waals surface area contributed by atoms with Gasteiger partial charge in [-0.15, -0.1) is 0 Å². The fraction of sp³-hybridized carbons (Fsp3) is 0.385. The molecule has 0 bridgehead atoms. The number of esters is 1. The van der Waals surface area contributed by atoms with Gasteiger partial charge < -0.3 is 24.4 Å². The number of carbonyl (C=O) groups is 3. The molecule has 1 aliphatic rings. The van der Waals surface area contributed by atoms with Gasteiger partial charge >= 0.3 is 5.97 Å². The highest BCUT2D eigenvalue weighted by Crippen LogP contribution is 2.17. The maximum Gasteiger partial charge on any atom is 0.308 e. The number of amides is 2. The molecule has 2 aromatic rings. The van der Waals surface area contributed by atoms with Crippen molar-refractivity contribution in [3.8, 4) is 11.5 Å². The number of benzene rings is 2. The maximum absolute atomic E-state index is 12.8. The zero-order chi connectivity index (χ0) is 25.9. The highest BCUT2D eigenvalue weighted by atomic mass is 32.1. The molecule has 9 nitrogen and oxygen atoms in total. The Morgan fingerprint density at radius 1 is 1.14 bits per heavy atom. The van der Waals surface area contributed by atoms with Crippen LogP contribution in [0.1, 0.15) is 37.0 Å². The Labute approximate surface area is 216 Å². The number of hydrogen-bond donors (Lipinski definition) is 2. The number of nitrogens with zero attached hydrogens (tertiary/aromatic N) is 1. The van der Waals surface area contributed by atoms with Crippen molar-refractivity contribution < 1.29 is 28.6 Å². The van der Waals surface area contributed by atoms with Gasteiger partial charge in [0.15, 0.2) is 5.11 Å². The van der Waals surface area contributed by atoms with E-state index < -0.39 is 17.9 Å². The summed E-state index contributed by atoms with van der Waals surface area (Å²) in [6.45, 7) is 4.87. The number of thiocarbonyl (C=S) groups is 1. The number of carbonyl (C=O) groups excluding carboxylic acids is 3. The molecule has 2 atom stereocenters. The van der Waals surface area contributed by atoms with Gasteiger partial charge in [0.2, 0.25) is 5.91 Å². The largest absolute Gasteiger partial charge is 0.491 e. The molecule has 2 unspecified atom stereocenters. The van der Waals surface area contributed by atoms with Gasteiger partial charge in [0.05, 0.1) is 12.5 Å². The predicted molar refractivity (Wildman–Crippen MR) is 138 cm³/mol. The molecule has 0 radical (unpaired) electrons. The van der Waals surface area contributed by atoms with Crippen LogP contribution in [-0.2, 0) is 14.3 Å². The summed E-state index contributed by atoms with van der Waals surface area (Å²) in [5, 5.41) is 5.45. The zero-order valence-electron chi connectivity index (χ0n) is 20.4. The van der Waals surface area contributed by atoms with Crippen LogP contribution in [0.3, 0.4) is 0 Å². The van der Waals surface area contributed by atoms with Crippen molar-refractivity contribution in [1.29, 1.82) is 0 Å². The fourth-order valence-electron chi connectivity index (χ4n) is 3.48. The summed E-state index contributed by atoms with van der Waals surface area (Å²) in [6, 6.07) is 15.1. The van der Waals surface area contributed by atoms with E-state index in [9.17, 15) is 14.4 Å². The number of nitrogens with one attached hydrogen (secondary N) is 2. The number of para-hydroxylation sites is 1. The highest BCUT2D eigenvalue weighted by molar-refractivity contribution is 7.80. The van der Waals surface area contributed by atoms with E-state index in [-0.39, 0.29) is 36.8 Å². The van der Waals surface area contributed by atoms with Gasteiger partial charge in [-0.2, -0.15) is 0 Å². The van der Waals surface area contributed by atoms with Crippen LogP contribution in [0, 0.1) is 0 Å². The lowest BCUT2D eigenvalue weighted by Crippen LogP contribution is -2.60. The first-order valence-electron chi connectivity index (χ1n) is 11.9. The zero-order valence-corrected chi connectivity index (χ0v) is 21.2. The monoisotopic (exact) mass is 513 g/mol. The first kappa shape index (κ1) is 26.9. The van der Waals surface area contributed by atoms with Crippen molar-refractivity contribution in [2.24, 2.45) is 0 Å². The van der Waals surface area contributed by atoms with Gasteiger partial charge in [0, 0.05) is 18.7 Å². The van der Waals surface area contributed by atoms with Gasteiger partial charge in [-0.1, -0.05) is 31.2 Å². The molecular formula is C26H31N3O6S. The Balaban J connectivity index is 1.54. The molecule has 10 heteroatoms. The number of rotatable bonds is 10. The highest BCUT2D eigenvalue weighted by Gasteiger charge is 2.34. The lowest BCUT2D eigenvalue weighted by Gasteiger charge is -2.36. The molecule has 1 heterocycles. The minimum absolute atomic E-state index is 0.0154. The molecule has 0 aromatic heterocycles. The Morgan fingerprint density at radius 2 is 1.89 bits per heavy atom. The van der Waals surface area contributed by atoms with Gasteiger partial charge in [-0.05, 0) is 55.9 Å². The van der Waals surface area contributed by atoms with Crippen LogP contribution in [0.25, 0.3) is 0 Å². The lowest BCUT2D eigenvalue weighted by atomic mass is 10.1. The van der Waals surface area contributed by atoms with Gasteiger partial charge in [-0.3, -0.25) is 19.7 Å². The van der Waals surface area contributed by atoms with Crippen LogP contribution in [0.4, 0.5) is 0 Å². The van der Waals surface area contributed by atoms with Gasteiger partial charge in [0.25, 0.3) is 5.91 Å². The molecule has 0 saturated carbocycles. The molecule has 2 aromatic carbocycles. The molecular weight excluding hydrogens is 482 g/mol. The smallest absolute Gasteiger partial charge is 0.308 e. The van der Waals surface area contributed by atoms with Crippen molar-refractivity contribution in [2.75, 3.05) is 26.3 Å². The molecule has 0 spiro atoms. The number of ether oxygens (including phenoxy) is 3. The second-order valence-corrected chi connectivity index (χ2v) is 8.60. The molecule has 3 rings (SSSR count). The summed E-state index contributed by atoms with van der Waals surface area (Å²) in [7, 11) is 0. The summed E-state index contributed by atoms with van der Waals surface area (Å²) >= 11 is 5.43. The predicted octanol–water partition coefficient (Wildman–Crippen LogP) is 2.69. The molecule has 0 aliphatic carbocycles. The van der Waals surface area contributed by atoms with Crippen LogP contribution in [0.15, 0.2) is 54.6 Å². The first-order chi connectivity index (χ1) is 17.4. The Kier molecular flexibility index (Phi) is 10.1. The summed E-state index contributed by atoms with van der Waals surface area (Å²) in [4.78, 5) is 39.3. The van der Waals surface area contributed by atoms with Crippen LogP contribution >= 0.6 is 12.2 Å². The van der Waals surface area contributed by atoms with E-state index in [0.717, 1.165) is 6.42 Å². The van der Waals surface area contributed by atoms with E-state index in [2.05, 4.69) is 10.6 Å². The van der Waals surface area contributed by atoms with E-state index in [1.807, 2.05) is 32.0 Å². The summed E-state index contributed by atoms with van der Waals surface area (Å²) in [5.74, 6) is -0.108. The summed E-state index contributed by atoms with van der Waals surface area (Å²) < 4.78 is 16.5. The van der Waals surface area contributed by atoms with E-state index in [1.165, 1.54) is 4.90 Å². The van der Waals surface area contributed by atoms with Crippen molar-refractivity contribution in [3.63, 3.8) is 0 Å². The van der Waals surface area contributed by atoms with Crippen molar-refractivity contribution >= 4 is 35.1 Å². The topological polar surface area (TPSA) is 106 Å². The maximum atomic E-state index is 12.8. The molecule has 1 saturated heterocycles. The quantitative estimate of drug-likeness (QED) is 0.284. The number of piperazine rings is 1. The van der Waals surface area contributed by atoms with E-state index >= 15 is 0 Å². The molecule has 36 heavy (non-hydrogen) atoms. The number of hydrogen-bond acceptors (Lipinski definition) is 7. The normalized spacial score (nSPS) is 15.9. The average Bonchev–Trinajstić information content (AvgIpc) is 2.88. The SMILES string of the molecule is CCC(C)Oc1cccc(C(=O)NC(=S)N2CCNC(=O)C2CC(=O)OCCOc2ccccc2)c1. The van der Waals surface area contributed by atoms with Crippen LogP contribution in [-0.4, -0.2) is 66.2 Å². The Bertz CT molecular complexity index is 1060. The Morgan fingerprint density at radius 3 is 2.64 bits per heavy atom. The Hall–Kier alpha value is -3.66. The van der Waals surface area contributed by atoms with Crippen molar-refractivity contribution in [3.05, 3.63) is 60.2 Å². The molecule has 1 fully saturated rings. The molecule has 2 N–H and O–H groups in total. The van der Waals surface area contributed by atoms with Crippen molar-refractivity contribution in [2.45, 2.75) is 38.8 Å². The van der Waals surface area contributed by atoms with Crippen LogP contribution < -0.4 is 20.1 Å². The van der Waals surface area contributed by atoms with Gasteiger partial charge in [0.1, 0.15) is 30.8 Å². The second-order valence-electron chi connectivity index (χ2n) is 8.21.